The first-order valence-electron chi connectivity index (χ1n) is 10.4. The molecule has 0 aromatic heterocycles. The summed E-state index contributed by atoms with van der Waals surface area (Å²) in [5.74, 6) is 2.35. The fourth-order valence-electron chi connectivity index (χ4n) is 4.13. The number of ether oxygens (including phenoxy) is 2. The van der Waals surface area contributed by atoms with Crippen LogP contribution in [-0.4, -0.2) is 55.0 Å². The highest BCUT2D eigenvalue weighted by Gasteiger charge is 2.39. The highest BCUT2D eigenvalue weighted by molar-refractivity contribution is 5.82. The van der Waals surface area contributed by atoms with Gasteiger partial charge in [-0.25, -0.2) is 0 Å². The number of rotatable bonds is 7. The maximum Gasteiger partial charge on any atom is 0.226 e. The van der Waals surface area contributed by atoms with E-state index in [4.69, 9.17) is 9.47 Å². The summed E-state index contributed by atoms with van der Waals surface area (Å²) < 4.78 is 10.9. The maximum atomic E-state index is 13.3. The van der Waals surface area contributed by atoms with Crippen molar-refractivity contribution in [3.63, 3.8) is 0 Å². The largest absolute Gasteiger partial charge is 0.497 e. The maximum absolute atomic E-state index is 13.3. The number of amides is 2. The number of carbonyl (C=O) groups is 2. The molecule has 3 fully saturated rings. The molecule has 28 heavy (non-hydrogen) atoms. The van der Waals surface area contributed by atoms with Crippen molar-refractivity contribution in [3.8, 4) is 11.5 Å². The Kier molecular flexibility index (Phi) is 5.47. The van der Waals surface area contributed by atoms with Gasteiger partial charge in [-0.05, 0) is 56.7 Å². The predicted molar refractivity (Wildman–Crippen MR) is 105 cm³/mol. The van der Waals surface area contributed by atoms with Crippen LogP contribution < -0.4 is 9.47 Å². The lowest BCUT2D eigenvalue weighted by molar-refractivity contribution is -0.142. The summed E-state index contributed by atoms with van der Waals surface area (Å²) in [5, 5.41) is 0. The number of likely N-dealkylation sites (tertiary alicyclic amines) is 1. The molecule has 0 bridgehead atoms. The zero-order valence-electron chi connectivity index (χ0n) is 16.9. The predicted octanol–water partition coefficient (Wildman–Crippen LogP) is 2.84. The third kappa shape index (κ3) is 4.10. The third-order valence-electron chi connectivity index (χ3n) is 6.18. The average molecular weight is 386 g/mol. The Morgan fingerprint density at radius 1 is 1.00 bits per heavy atom. The molecule has 1 saturated heterocycles. The monoisotopic (exact) mass is 386 g/mol. The van der Waals surface area contributed by atoms with Gasteiger partial charge in [0, 0.05) is 43.1 Å². The van der Waals surface area contributed by atoms with Crippen LogP contribution in [0.3, 0.4) is 0 Å². The molecule has 2 aliphatic carbocycles. The molecule has 0 spiro atoms. The van der Waals surface area contributed by atoms with E-state index in [1.165, 1.54) is 0 Å². The normalized spacial score (nSPS) is 20.0. The van der Waals surface area contributed by atoms with Crippen molar-refractivity contribution in [2.75, 3.05) is 27.3 Å². The first-order chi connectivity index (χ1) is 13.6. The van der Waals surface area contributed by atoms with Gasteiger partial charge in [-0.2, -0.15) is 0 Å². The number of methoxy groups -OCH3 is 2. The summed E-state index contributed by atoms with van der Waals surface area (Å²) >= 11 is 0. The number of carbonyl (C=O) groups excluding carboxylic acids is 2. The minimum absolute atomic E-state index is 0.0143. The van der Waals surface area contributed by atoms with Crippen molar-refractivity contribution < 1.29 is 19.1 Å². The van der Waals surface area contributed by atoms with E-state index < -0.39 is 0 Å². The summed E-state index contributed by atoms with van der Waals surface area (Å²) in [6.07, 6.45) is 5.75. The van der Waals surface area contributed by atoms with Crippen LogP contribution >= 0.6 is 0 Å². The van der Waals surface area contributed by atoms with Crippen LogP contribution in [0.15, 0.2) is 18.2 Å². The van der Waals surface area contributed by atoms with Gasteiger partial charge in [0.15, 0.2) is 0 Å². The molecule has 152 valence electrons. The second kappa shape index (κ2) is 8.02. The lowest BCUT2D eigenvalue weighted by Gasteiger charge is -2.34. The number of nitrogens with zero attached hydrogens (tertiary/aromatic N) is 2. The van der Waals surface area contributed by atoms with Gasteiger partial charge in [-0.1, -0.05) is 0 Å². The van der Waals surface area contributed by atoms with E-state index in [1.807, 2.05) is 28.0 Å². The summed E-state index contributed by atoms with van der Waals surface area (Å²) in [6, 6.07) is 6.05. The average Bonchev–Trinajstić information content (AvgIpc) is 3.64. The topological polar surface area (TPSA) is 59.1 Å². The van der Waals surface area contributed by atoms with Crippen molar-refractivity contribution in [2.45, 2.75) is 51.1 Å². The number of hydrogen-bond donors (Lipinski definition) is 0. The molecule has 0 N–H and O–H groups in total. The molecule has 1 aromatic carbocycles. The Morgan fingerprint density at radius 2 is 1.71 bits per heavy atom. The van der Waals surface area contributed by atoms with E-state index in [9.17, 15) is 9.59 Å². The lowest BCUT2D eigenvalue weighted by Crippen LogP contribution is -2.45. The lowest BCUT2D eigenvalue weighted by atomic mass is 9.94. The van der Waals surface area contributed by atoms with Gasteiger partial charge in [0.1, 0.15) is 11.5 Å². The van der Waals surface area contributed by atoms with Crippen LogP contribution in [0.5, 0.6) is 11.5 Å². The molecule has 2 amide bonds. The van der Waals surface area contributed by atoms with Crippen molar-refractivity contribution in [1.82, 2.24) is 9.80 Å². The molecule has 3 aliphatic rings. The van der Waals surface area contributed by atoms with Crippen molar-refractivity contribution in [2.24, 2.45) is 11.8 Å². The molecule has 2 saturated carbocycles. The molecule has 1 aliphatic heterocycles. The summed E-state index contributed by atoms with van der Waals surface area (Å²) in [4.78, 5) is 29.6. The first kappa shape index (κ1) is 19.1. The van der Waals surface area contributed by atoms with E-state index in [0.717, 1.165) is 55.6 Å². The highest BCUT2D eigenvalue weighted by atomic mass is 16.5. The van der Waals surface area contributed by atoms with E-state index >= 15 is 0 Å². The van der Waals surface area contributed by atoms with Crippen molar-refractivity contribution in [3.05, 3.63) is 23.8 Å². The van der Waals surface area contributed by atoms with Crippen LogP contribution in [-0.2, 0) is 16.1 Å². The molecular formula is C22H30N2O4. The first-order valence-corrected chi connectivity index (χ1v) is 10.4. The molecule has 1 aromatic rings. The quantitative estimate of drug-likeness (QED) is 0.723. The summed E-state index contributed by atoms with van der Waals surface area (Å²) in [5.41, 5.74) is 0.975. The number of piperidine rings is 1. The van der Waals surface area contributed by atoms with Gasteiger partial charge in [-0.15, -0.1) is 0 Å². The minimum atomic E-state index is 0.0143. The molecule has 0 unspecified atom stereocenters. The molecule has 1 heterocycles. The smallest absolute Gasteiger partial charge is 0.226 e. The van der Waals surface area contributed by atoms with E-state index in [2.05, 4.69) is 0 Å². The van der Waals surface area contributed by atoms with Crippen molar-refractivity contribution in [1.29, 1.82) is 0 Å². The highest BCUT2D eigenvalue weighted by Crippen LogP contribution is 2.36. The summed E-state index contributed by atoms with van der Waals surface area (Å²) in [6.45, 7) is 1.98. The van der Waals surface area contributed by atoms with Gasteiger partial charge < -0.3 is 19.3 Å². The number of benzene rings is 1. The Labute approximate surface area is 166 Å². The van der Waals surface area contributed by atoms with Crippen LogP contribution in [0.2, 0.25) is 0 Å². The zero-order chi connectivity index (χ0) is 19.7. The van der Waals surface area contributed by atoms with E-state index in [1.54, 1.807) is 14.2 Å². The van der Waals surface area contributed by atoms with Gasteiger partial charge in [0.05, 0.1) is 14.2 Å². The van der Waals surface area contributed by atoms with Gasteiger partial charge in [0.25, 0.3) is 0 Å². The van der Waals surface area contributed by atoms with E-state index in [-0.39, 0.29) is 17.7 Å². The van der Waals surface area contributed by atoms with Gasteiger partial charge >= 0.3 is 0 Å². The van der Waals surface area contributed by atoms with Crippen molar-refractivity contribution >= 4 is 11.8 Å². The molecule has 4 rings (SSSR count). The van der Waals surface area contributed by atoms with Gasteiger partial charge in [0.2, 0.25) is 11.8 Å². The number of hydrogen-bond acceptors (Lipinski definition) is 4. The second-order valence-electron chi connectivity index (χ2n) is 8.25. The molecule has 0 atom stereocenters. The molecule has 0 radical (unpaired) electrons. The van der Waals surface area contributed by atoms with Gasteiger partial charge in [-0.3, -0.25) is 9.59 Å². The summed E-state index contributed by atoms with van der Waals surface area (Å²) in [7, 11) is 3.30. The Bertz CT molecular complexity index is 734. The molecular weight excluding hydrogens is 356 g/mol. The van der Waals surface area contributed by atoms with E-state index in [0.29, 0.717) is 31.6 Å². The fourth-order valence-corrected chi connectivity index (χ4v) is 4.13. The molecule has 6 nitrogen and oxygen atoms in total. The third-order valence-corrected chi connectivity index (χ3v) is 6.18. The van der Waals surface area contributed by atoms with Crippen LogP contribution in [0.25, 0.3) is 0 Å². The SMILES string of the molecule is COc1ccc(OC)c(CN(C(=O)C2CCN(C(=O)C3CC3)CC2)C2CC2)c1. The Hall–Kier alpha value is -2.24. The van der Waals surface area contributed by atoms with Crippen LogP contribution in [0.1, 0.15) is 44.1 Å². The fraction of sp³-hybridized carbons (Fsp3) is 0.636. The zero-order valence-corrected chi connectivity index (χ0v) is 16.9. The Balaban J connectivity index is 1.42. The minimum Gasteiger partial charge on any atom is -0.497 e. The van der Waals surface area contributed by atoms with Crippen LogP contribution in [0.4, 0.5) is 0 Å². The second-order valence-corrected chi connectivity index (χ2v) is 8.25. The van der Waals surface area contributed by atoms with Crippen LogP contribution in [0, 0.1) is 11.8 Å². The molecule has 6 heteroatoms. The Morgan fingerprint density at radius 3 is 2.29 bits per heavy atom. The standard InChI is InChI=1S/C22H30N2O4/c1-27-19-7-8-20(28-2)17(13-19)14-24(18-5-6-18)22(26)16-9-11-23(12-10-16)21(25)15-3-4-15/h7-8,13,15-16,18H,3-6,9-12,14H2,1-2H3.